The molecule has 18 heavy (non-hydrogen) atoms. The molecule has 0 aromatic heterocycles. The van der Waals surface area contributed by atoms with E-state index in [0.29, 0.717) is 13.1 Å². The summed E-state index contributed by atoms with van der Waals surface area (Å²) in [5, 5.41) is 13.5. The zero-order chi connectivity index (χ0) is 13.2. The van der Waals surface area contributed by atoms with Gasteiger partial charge in [0.1, 0.15) is 0 Å². The molecule has 104 valence electrons. The summed E-state index contributed by atoms with van der Waals surface area (Å²) in [5.41, 5.74) is -0.926. The molecule has 0 spiro atoms. The van der Waals surface area contributed by atoms with Crippen LogP contribution < -0.4 is 5.32 Å². The summed E-state index contributed by atoms with van der Waals surface area (Å²) in [5.74, 6) is 0.211. The Labute approximate surface area is 110 Å². The van der Waals surface area contributed by atoms with Gasteiger partial charge in [0, 0.05) is 19.0 Å². The maximum absolute atomic E-state index is 12.5. The molecular weight excluding hydrogens is 228 g/mol. The van der Waals surface area contributed by atoms with Crippen molar-refractivity contribution in [3.05, 3.63) is 0 Å². The molecule has 1 saturated heterocycles. The molecule has 1 aliphatic heterocycles. The van der Waals surface area contributed by atoms with Crippen LogP contribution in [0.5, 0.6) is 0 Å². The fraction of sp³-hybridized carbons (Fsp3) is 0.929. The highest BCUT2D eigenvalue weighted by atomic mass is 16.3. The number of hydrogen-bond acceptors (Lipinski definition) is 3. The van der Waals surface area contributed by atoms with E-state index in [-0.39, 0.29) is 11.3 Å². The zero-order valence-corrected chi connectivity index (χ0v) is 11.7. The molecule has 1 saturated carbocycles. The number of carbonyl (C=O) groups is 1. The Kier molecular flexibility index (Phi) is 3.97. The van der Waals surface area contributed by atoms with Crippen molar-refractivity contribution in [1.29, 1.82) is 0 Å². The van der Waals surface area contributed by atoms with Crippen LogP contribution >= 0.6 is 0 Å². The molecule has 0 aromatic rings. The SMILES string of the molecule is CN(CC1(O)CCNC1)C(=O)C1(C)CCCCC1. The standard InChI is InChI=1S/C14H26N2O2/c1-13(6-4-3-5-7-13)12(17)16(2)11-14(18)8-9-15-10-14/h15,18H,3-11H2,1-2H3. The molecule has 2 aliphatic rings. The Morgan fingerprint density at radius 3 is 2.50 bits per heavy atom. The maximum atomic E-state index is 12.5. The molecular formula is C14H26N2O2. The second kappa shape index (κ2) is 5.17. The molecule has 1 aliphatic carbocycles. The first-order valence-electron chi connectivity index (χ1n) is 7.14. The van der Waals surface area contributed by atoms with E-state index in [1.807, 2.05) is 7.05 Å². The fourth-order valence-electron chi connectivity index (χ4n) is 3.39. The van der Waals surface area contributed by atoms with Gasteiger partial charge in [0.15, 0.2) is 0 Å². The number of carbonyl (C=O) groups excluding carboxylic acids is 1. The largest absolute Gasteiger partial charge is 0.387 e. The van der Waals surface area contributed by atoms with E-state index in [4.69, 9.17) is 0 Å². The van der Waals surface area contributed by atoms with E-state index < -0.39 is 5.60 Å². The van der Waals surface area contributed by atoms with Crippen molar-refractivity contribution in [3.63, 3.8) is 0 Å². The number of β-amino-alcohol motifs (C(OH)–C–C–N with tert-alkyl or cyclic N) is 1. The average Bonchev–Trinajstić information content (AvgIpc) is 2.75. The minimum atomic E-state index is -0.727. The van der Waals surface area contributed by atoms with Crippen LogP contribution in [0.1, 0.15) is 45.4 Å². The lowest BCUT2D eigenvalue weighted by atomic mass is 9.74. The summed E-state index contributed by atoms with van der Waals surface area (Å²) in [7, 11) is 1.83. The number of hydrogen-bond donors (Lipinski definition) is 2. The lowest BCUT2D eigenvalue weighted by Gasteiger charge is -2.37. The molecule has 2 fully saturated rings. The Morgan fingerprint density at radius 2 is 1.94 bits per heavy atom. The molecule has 1 heterocycles. The smallest absolute Gasteiger partial charge is 0.228 e. The van der Waals surface area contributed by atoms with Crippen LogP contribution in [0.4, 0.5) is 0 Å². The highest BCUT2D eigenvalue weighted by Gasteiger charge is 2.40. The third-order valence-corrected chi connectivity index (χ3v) is 4.57. The van der Waals surface area contributed by atoms with Crippen molar-refractivity contribution in [3.8, 4) is 0 Å². The van der Waals surface area contributed by atoms with Crippen molar-refractivity contribution in [2.45, 2.75) is 51.0 Å². The normalized spacial score (nSPS) is 31.3. The number of nitrogens with one attached hydrogen (secondary N) is 1. The van der Waals surface area contributed by atoms with Gasteiger partial charge in [-0.05, 0) is 25.8 Å². The highest BCUT2D eigenvalue weighted by Crippen LogP contribution is 2.37. The van der Waals surface area contributed by atoms with E-state index >= 15 is 0 Å². The van der Waals surface area contributed by atoms with Gasteiger partial charge in [-0.15, -0.1) is 0 Å². The molecule has 1 unspecified atom stereocenters. The third kappa shape index (κ3) is 2.86. The monoisotopic (exact) mass is 254 g/mol. The van der Waals surface area contributed by atoms with Crippen LogP contribution in [-0.2, 0) is 4.79 Å². The Bertz CT molecular complexity index is 305. The molecule has 0 aromatic carbocycles. The van der Waals surface area contributed by atoms with Crippen molar-refractivity contribution in [2.75, 3.05) is 26.7 Å². The van der Waals surface area contributed by atoms with Gasteiger partial charge in [-0.1, -0.05) is 26.2 Å². The van der Waals surface area contributed by atoms with Gasteiger partial charge in [-0.3, -0.25) is 4.79 Å². The van der Waals surface area contributed by atoms with Gasteiger partial charge in [0.2, 0.25) is 5.91 Å². The summed E-state index contributed by atoms with van der Waals surface area (Å²) in [6.07, 6.45) is 6.28. The second-order valence-electron chi connectivity index (χ2n) is 6.43. The predicted octanol–water partition coefficient (Wildman–Crippen LogP) is 1.14. The first-order valence-corrected chi connectivity index (χ1v) is 7.14. The van der Waals surface area contributed by atoms with Crippen molar-refractivity contribution in [1.82, 2.24) is 10.2 Å². The predicted molar refractivity (Wildman–Crippen MR) is 71.3 cm³/mol. The summed E-state index contributed by atoms with van der Waals surface area (Å²) in [6, 6.07) is 0. The number of aliphatic hydroxyl groups is 1. The molecule has 4 heteroatoms. The minimum absolute atomic E-state index is 0.199. The summed E-state index contributed by atoms with van der Waals surface area (Å²) in [6.45, 7) is 3.98. The van der Waals surface area contributed by atoms with Crippen LogP contribution in [-0.4, -0.2) is 48.2 Å². The van der Waals surface area contributed by atoms with Gasteiger partial charge in [0.05, 0.1) is 12.1 Å². The summed E-state index contributed by atoms with van der Waals surface area (Å²) in [4.78, 5) is 14.3. The first kappa shape index (κ1) is 13.8. The lowest BCUT2D eigenvalue weighted by Crippen LogP contribution is -2.49. The van der Waals surface area contributed by atoms with Gasteiger partial charge in [-0.2, -0.15) is 0 Å². The van der Waals surface area contributed by atoms with E-state index in [9.17, 15) is 9.90 Å². The molecule has 1 atom stereocenters. The van der Waals surface area contributed by atoms with Crippen LogP contribution in [0.25, 0.3) is 0 Å². The van der Waals surface area contributed by atoms with E-state index in [2.05, 4.69) is 12.2 Å². The molecule has 2 rings (SSSR count). The van der Waals surface area contributed by atoms with Gasteiger partial charge in [-0.25, -0.2) is 0 Å². The number of likely N-dealkylation sites (N-methyl/N-ethyl adjacent to an activating group) is 1. The minimum Gasteiger partial charge on any atom is -0.387 e. The van der Waals surface area contributed by atoms with Crippen molar-refractivity contribution >= 4 is 5.91 Å². The van der Waals surface area contributed by atoms with Crippen molar-refractivity contribution in [2.24, 2.45) is 5.41 Å². The molecule has 0 bridgehead atoms. The quantitative estimate of drug-likeness (QED) is 0.794. The topological polar surface area (TPSA) is 52.6 Å². The third-order valence-electron chi connectivity index (χ3n) is 4.57. The van der Waals surface area contributed by atoms with Crippen LogP contribution in [0.15, 0.2) is 0 Å². The highest BCUT2D eigenvalue weighted by molar-refractivity contribution is 5.82. The maximum Gasteiger partial charge on any atom is 0.228 e. The van der Waals surface area contributed by atoms with Crippen LogP contribution in [0.2, 0.25) is 0 Å². The number of rotatable bonds is 3. The number of amides is 1. The van der Waals surface area contributed by atoms with Gasteiger partial charge < -0.3 is 15.3 Å². The number of nitrogens with zero attached hydrogens (tertiary/aromatic N) is 1. The Balaban J connectivity index is 1.95. The summed E-state index contributed by atoms with van der Waals surface area (Å²) < 4.78 is 0. The van der Waals surface area contributed by atoms with Gasteiger partial charge in [0.25, 0.3) is 0 Å². The second-order valence-corrected chi connectivity index (χ2v) is 6.43. The Hall–Kier alpha value is -0.610. The van der Waals surface area contributed by atoms with E-state index in [1.165, 1.54) is 6.42 Å². The molecule has 2 N–H and O–H groups in total. The zero-order valence-electron chi connectivity index (χ0n) is 11.7. The van der Waals surface area contributed by atoms with Crippen molar-refractivity contribution < 1.29 is 9.90 Å². The average molecular weight is 254 g/mol. The van der Waals surface area contributed by atoms with E-state index in [1.54, 1.807) is 4.90 Å². The van der Waals surface area contributed by atoms with Gasteiger partial charge >= 0.3 is 0 Å². The van der Waals surface area contributed by atoms with Crippen LogP contribution in [0.3, 0.4) is 0 Å². The van der Waals surface area contributed by atoms with Crippen LogP contribution in [0, 0.1) is 5.41 Å². The van der Waals surface area contributed by atoms with E-state index in [0.717, 1.165) is 38.6 Å². The molecule has 4 nitrogen and oxygen atoms in total. The fourth-order valence-corrected chi connectivity index (χ4v) is 3.39. The lowest BCUT2D eigenvalue weighted by molar-refractivity contribution is -0.144. The summed E-state index contributed by atoms with van der Waals surface area (Å²) >= 11 is 0. The molecule has 1 amide bonds. The molecule has 0 radical (unpaired) electrons. The Morgan fingerprint density at radius 1 is 1.28 bits per heavy atom. The first-order chi connectivity index (χ1) is 8.45.